The van der Waals surface area contributed by atoms with Gasteiger partial charge < -0.3 is 14.9 Å². The summed E-state index contributed by atoms with van der Waals surface area (Å²) in [7, 11) is 0. The summed E-state index contributed by atoms with van der Waals surface area (Å²) in [4.78, 5) is 11.6. The third kappa shape index (κ3) is 2.90. The smallest absolute Gasteiger partial charge is 0.358 e. The number of hydrogen-bond donors (Lipinski definition) is 2. The van der Waals surface area contributed by atoms with Crippen molar-refractivity contribution in [2.45, 2.75) is 38.2 Å². The highest BCUT2D eigenvalue weighted by Crippen LogP contribution is 2.27. The van der Waals surface area contributed by atoms with Crippen molar-refractivity contribution in [2.24, 2.45) is 0 Å². The van der Waals surface area contributed by atoms with E-state index in [1.807, 2.05) is 0 Å². The number of carboxylic acids is 1. The van der Waals surface area contributed by atoms with Crippen LogP contribution in [0.4, 0.5) is 0 Å². The topological polar surface area (TPSA) is 84.6 Å². The zero-order valence-electron chi connectivity index (χ0n) is 12.1. The van der Waals surface area contributed by atoms with Crippen LogP contribution in [0.3, 0.4) is 0 Å². The molecule has 1 aromatic carbocycles. The molecule has 0 atom stereocenters. The molecular formula is C16H18N2O4. The van der Waals surface area contributed by atoms with Gasteiger partial charge in [-0.05, 0) is 49.9 Å². The summed E-state index contributed by atoms with van der Waals surface area (Å²) in [5.74, 6) is -0.671. The van der Waals surface area contributed by atoms with Crippen molar-refractivity contribution in [3.8, 4) is 17.2 Å². The number of phenolic OH excluding ortho intramolecular Hbond substituents is 1. The van der Waals surface area contributed by atoms with E-state index >= 15 is 0 Å². The molecule has 1 heterocycles. The lowest BCUT2D eigenvalue weighted by Gasteiger charge is -2.22. The van der Waals surface area contributed by atoms with Crippen LogP contribution >= 0.6 is 0 Å². The molecule has 1 aliphatic rings. The highest BCUT2D eigenvalue weighted by molar-refractivity contribution is 5.89. The third-order valence-corrected chi connectivity index (χ3v) is 3.88. The number of rotatable bonds is 4. The summed E-state index contributed by atoms with van der Waals surface area (Å²) in [6.07, 6.45) is 6.83. The first-order valence-corrected chi connectivity index (χ1v) is 7.42. The van der Waals surface area contributed by atoms with Gasteiger partial charge in [-0.25, -0.2) is 9.48 Å². The molecule has 3 rings (SSSR count). The van der Waals surface area contributed by atoms with Crippen molar-refractivity contribution >= 4 is 5.97 Å². The highest BCUT2D eigenvalue weighted by atomic mass is 16.5. The maximum atomic E-state index is 11.6. The van der Waals surface area contributed by atoms with E-state index in [9.17, 15) is 15.0 Å². The Morgan fingerprint density at radius 3 is 2.50 bits per heavy atom. The molecule has 116 valence electrons. The summed E-state index contributed by atoms with van der Waals surface area (Å²) in [6, 6.07) is 6.20. The van der Waals surface area contributed by atoms with Gasteiger partial charge in [0, 0.05) is 0 Å². The Morgan fingerprint density at radius 2 is 1.86 bits per heavy atom. The van der Waals surface area contributed by atoms with Crippen molar-refractivity contribution in [3.05, 3.63) is 36.2 Å². The van der Waals surface area contributed by atoms with Crippen LogP contribution in [0.2, 0.25) is 0 Å². The van der Waals surface area contributed by atoms with E-state index in [0.29, 0.717) is 11.4 Å². The Kier molecular flexibility index (Phi) is 4.00. The lowest BCUT2D eigenvalue weighted by molar-refractivity contribution is 0.0676. The third-order valence-electron chi connectivity index (χ3n) is 3.88. The number of ether oxygens (including phenoxy) is 1. The van der Waals surface area contributed by atoms with Crippen LogP contribution in [0.25, 0.3) is 5.69 Å². The van der Waals surface area contributed by atoms with E-state index in [0.717, 1.165) is 25.7 Å². The van der Waals surface area contributed by atoms with E-state index in [1.165, 1.54) is 29.4 Å². The fourth-order valence-corrected chi connectivity index (χ4v) is 2.77. The highest BCUT2D eigenvalue weighted by Gasteiger charge is 2.24. The maximum absolute atomic E-state index is 11.6. The number of nitrogens with zero attached hydrogens (tertiary/aromatic N) is 2. The predicted octanol–water partition coefficient (Wildman–Crippen LogP) is 2.99. The Balaban J connectivity index is 1.91. The van der Waals surface area contributed by atoms with Gasteiger partial charge in [0.2, 0.25) is 0 Å². The van der Waals surface area contributed by atoms with Crippen LogP contribution in [0.1, 0.15) is 42.6 Å². The number of phenols is 1. The summed E-state index contributed by atoms with van der Waals surface area (Å²) in [6.45, 7) is 0. The average Bonchev–Trinajstić information content (AvgIpc) is 2.93. The van der Waals surface area contributed by atoms with Crippen LogP contribution in [0.5, 0.6) is 11.5 Å². The standard InChI is InChI=1S/C16H18N2O4/c19-12-8-6-11(7-9-12)18-15(16(20)21)14(10-17-18)22-13-4-2-1-3-5-13/h6-10,13,19H,1-5H2,(H,20,21). The normalized spacial score (nSPS) is 15.6. The van der Waals surface area contributed by atoms with E-state index in [-0.39, 0.29) is 17.5 Å². The summed E-state index contributed by atoms with van der Waals surface area (Å²) in [5.41, 5.74) is 0.574. The van der Waals surface area contributed by atoms with E-state index < -0.39 is 5.97 Å². The summed E-state index contributed by atoms with van der Waals surface area (Å²) < 4.78 is 7.18. The largest absolute Gasteiger partial charge is 0.508 e. The number of aromatic hydroxyl groups is 1. The molecule has 0 radical (unpaired) electrons. The van der Waals surface area contributed by atoms with Crippen molar-refractivity contribution in [1.82, 2.24) is 9.78 Å². The SMILES string of the molecule is O=C(O)c1c(OC2CCCCC2)cnn1-c1ccc(O)cc1. The maximum Gasteiger partial charge on any atom is 0.358 e. The zero-order valence-corrected chi connectivity index (χ0v) is 12.1. The first-order chi connectivity index (χ1) is 10.6. The number of hydrogen-bond acceptors (Lipinski definition) is 4. The van der Waals surface area contributed by atoms with Gasteiger partial charge in [-0.2, -0.15) is 5.10 Å². The molecule has 0 spiro atoms. The molecule has 0 saturated heterocycles. The van der Waals surface area contributed by atoms with E-state index in [2.05, 4.69) is 5.10 Å². The van der Waals surface area contributed by atoms with Crippen molar-refractivity contribution < 1.29 is 19.7 Å². The first-order valence-electron chi connectivity index (χ1n) is 7.42. The molecule has 2 aromatic rings. The minimum absolute atomic E-state index is 0.0104. The fraction of sp³-hybridized carbons (Fsp3) is 0.375. The van der Waals surface area contributed by atoms with E-state index in [4.69, 9.17) is 4.74 Å². The number of benzene rings is 1. The van der Waals surface area contributed by atoms with Crippen LogP contribution in [0.15, 0.2) is 30.5 Å². The van der Waals surface area contributed by atoms with Gasteiger partial charge in [0.05, 0.1) is 18.0 Å². The fourth-order valence-electron chi connectivity index (χ4n) is 2.77. The molecule has 22 heavy (non-hydrogen) atoms. The molecule has 1 aromatic heterocycles. The van der Waals surface area contributed by atoms with Gasteiger partial charge in [0.15, 0.2) is 11.4 Å². The zero-order chi connectivity index (χ0) is 15.5. The molecule has 0 aliphatic heterocycles. The molecule has 0 amide bonds. The van der Waals surface area contributed by atoms with Crippen LogP contribution < -0.4 is 4.74 Å². The average molecular weight is 302 g/mol. The quantitative estimate of drug-likeness (QED) is 0.907. The van der Waals surface area contributed by atoms with Gasteiger partial charge in [0.1, 0.15) is 5.75 Å². The minimum Gasteiger partial charge on any atom is -0.508 e. The summed E-state index contributed by atoms with van der Waals surface area (Å²) >= 11 is 0. The Labute approximate surface area is 128 Å². The van der Waals surface area contributed by atoms with Gasteiger partial charge in [0.25, 0.3) is 0 Å². The molecule has 6 heteroatoms. The van der Waals surface area contributed by atoms with E-state index in [1.54, 1.807) is 12.1 Å². The monoisotopic (exact) mass is 302 g/mol. The van der Waals surface area contributed by atoms with Gasteiger partial charge in [-0.1, -0.05) is 6.42 Å². The molecule has 1 fully saturated rings. The summed E-state index contributed by atoms with van der Waals surface area (Å²) in [5, 5.41) is 23.0. The van der Waals surface area contributed by atoms with Crippen LogP contribution in [0, 0.1) is 0 Å². The predicted molar refractivity (Wildman–Crippen MR) is 79.7 cm³/mol. The molecular weight excluding hydrogens is 284 g/mol. The lowest BCUT2D eigenvalue weighted by atomic mass is 9.98. The molecule has 6 nitrogen and oxygen atoms in total. The van der Waals surface area contributed by atoms with Crippen LogP contribution in [-0.4, -0.2) is 32.1 Å². The Hall–Kier alpha value is -2.50. The lowest BCUT2D eigenvalue weighted by Crippen LogP contribution is -2.21. The molecule has 1 aliphatic carbocycles. The Bertz CT molecular complexity index is 657. The number of carbonyl (C=O) groups is 1. The number of aromatic nitrogens is 2. The van der Waals surface area contributed by atoms with Crippen molar-refractivity contribution in [1.29, 1.82) is 0 Å². The molecule has 1 saturated carbocycles. The second kappa shape index (κ2) is 6.09. The first kappa shape index (κ1) is 14.4. The molecule has 0 unspecified atom stereocenters. The molecule has 2 N–H and O–H groups in total. The van der Waals surface area contributed by atoms with Gasteiger partial charge in [-0.3, -0.25) is 0 Å². The Morgan fingerprint density at radius 1 is 1.18 bits per heavy atom. The van der Waals surface area contributed by atoms with Crippen molar-refractivity contribution in [3.63, 3.8) is 0 Å². The minimum atomic E-state index is -1.09. The van der Waals surface area contributed by atoms with Gasteiger partial charge in [-0.15, -0.1) is 0 Å². The number of carboxylic acid groups (broad SMARTS) is 1. The van der Waals surface area contributed by atoms with Crippen LogP contribution in [-0.2, 0) is 0 Å². The van der Waals surface area contributed by atoms with Gasteiger partial charge >= 0.3 is 5.97 Å². The molecule has 0 bridgehead atoms. The van der Waals surface area contributed by atoms with Crippen molar-refractivity contribution in [2.75, 3.05) is 0 Å². The second-order valence-electron chi connectivity index (χ2n) is 5.47. The second-order valence-corrected chi connectivity index (χ2v) is 5.47. The number of aromatic carboxylic acids is 1.